The zero-order valence-corrected chi connectivity index (χ0v) is 13.8. The van der Waals surface area contributed by atoms with Gasteiger partial charge in [0, 0.05) is 46.6 Å². The predicted molar refractivity (Wildman–Crippen MR) is 98.7 cm³/mol. The van der Waals surface area contributed by atoms with Crippen LogP contribution in [0.1, 0.15) is 0 Å². The molecule has 0 bridgehead atoms. The van der Waals surface area contributed by atoms with Crippen LogP contribution in [0.15, 0.2) is 67.0 Å². The second-order valence-corrected chi connectivity index (χ2v) is 6.01. The summed E-state index contributed by atoms with van der Waals surface area (Å²) in [4.78, 5) is 8.96. The number of hydrogen-bond donors (Lipinski definition) is 1. The van der Waals surface area contributed by atoms with E-state index in [1.807, 2.05) is 49.5 Å². The monoisotopic (exact) mass is 334 g/mol. The molecule has 4 aromatic rings. The molecule has 0 aliphatic heterocycles. The molecule has 2 aromatic carbocycles. The Hall–Kier alpha value is -2.85. The zero-order valence-electron chi connectivity index (χ0n) is 13.1. The zero-order chi connectivity index (χ0) is 16.5. The summed E-state index contributed by atoms with van der Waals surface area (Å²) in [5.74, 6) is 0.544. The van der Waals surface area contributed by atoms with Crippen molar-refractivity contribution < 1.29 is 0 Å². The van der Waals surface area contributed by atoms with Crippen LogP contribution >= 0.6 is 11.6 Å². The standard InChI is InChI=1S/C19H15ClN4/c1-24-12-16(15-7-2-3-8-18(15)24)17-9-10-21-19(23-17)22-14-6-4-5-13(20)11-14/h2-12H,1H3,(H,21,22,23). The van der Waals surface area contributed by atoms with Crippen molar-refractivity contribution in [2.75, 3.05) is 5.32 Å². The molecule has 5 heteroatoms. The summed E-state index contributed by atoms with van der Waals surface area (Å²) in [6, 6.07) is 17.7. The van der Waals surface area contributed by atoms with Crippen LogP contribution in [0.2, 0.25) is 5.02 Å². The Morgan fingerprint density at radius 3 is 2.79 bits per heavy atom. The van der Waals surface area contributed by atoms with Gasteiger partial charge in [-0.25, -0.2) is 9.97 Å². The van der Waals surface area contributed by atoms with Crippen molar-refractivity contribution in [1.82, 2.24) is 14.5 Å². The van der Waals surface area contributed by atoms with Gasteiger partial charge >= 0.3 is 0 Å². The maximum atomic E-state index is 6.02. The third-order valence-corrected chi connectivity index (χ3v) is 4.14. The number of rotatable bonds is 3. The summed E-state index contributed by atoms with van der Waals surface area (Å²) in [5.41, 5.74) is 4.00. The summed E-state index contributed by atoms with van der Waals surface area (Å²) < 4.78 is 2.11. The van der Waals surface area contributed by atoms with E-state index in [-0.39, 0.29) is 0 Å². The lowest BCUT2D eigenvalue weighted by Gasteiger charge is -2.06. The van der Waals surface area contributed by atoms with E-state index in [4.69, 9.17) is 11.6 Å². The van der Waals surface area contributed by atoms with Crippen LogP contribution in [0.5, 0.6) is 0 Å². The Balaban J connectivity index is 1.74. The average Bonchev–Trinajstić information content (AvgIpc) is 2.93. The lowest BCUT2D eigenvalue weighted by atomic mass is 10.1. The highest BCUT2D eigenvalue weighted by Gasteiger charge is 2.10. The molecule has 4 rings (SSSR count). The number of aromatic nitrogens is 3. The second-order valence-electron chi connectivity index (χ2n) is 5.57. The number of hydrogen-bond acceptors (Lipinski definition) is 3. The van der Waals surface area contributed by atoms with E-state index in [0.29, 0.717) is 11.0 Å². The number of para-hydroxylation sites is 1. The minimum Gasteiger partial charge on any atom is -0.350 e. The molecule has 0 spiro atoms. The van der Waals surface area contributed by atoms with Crippen molar-refractivity contribution in [1.29, 1.82) is 0 Å². The minimum atomic E-state index is 0.544. The normalized spacial score (nSPS) is 10.9. The van der Waals surface area contributed by atoms with Gasteiger partial charge in [-0.1, -0.05) is 35.9 Å². The average molecular weight is 335 g/mol. The molecule has 24 heavy (non-hydrogen) atoms. The highest BCUT2D eigenvalue weighted by atomic mass is 35.5. The molecule has 0 aliphatic rings. The Bertz CT molecular complexity index is 1020. The fourth-order valence-corrected chi connectivity index (χ4v) is 3.00. The molecule has 0 saturated carbocycles. The summed E-state index contributed by atoms with van der Waals surface area (Å²) in [7, 11) is 2.04. The van der Waals surface area contributed by atoms with Crippen molar-refractivity contribution in [2.45, 2.75) is 0 Å². The van der Waals surface area contributed by atoms with Crippen molar-refractivity contribution >= 4 is 34.1 Å². The molecule has 0 aliphatic carbocycles. The molecule has 0 saturated heterocycles. The summed E-state index contributed by atoms with van der Waals surface area (Å²) in [5, 5.41) is 5.04. The van der Waals surface area contributed by atoms with Crippen LogP contribution in [-0.4, -0.2) is 14.5 Å². The highest BCUT2D eigenvalue weighted by molar-refractivity contribution is 6.30. The topological polar surface area (TPSA) is 42.7 Å². The quantitative estimate of drug-likeness (QED) is 0.571. The van der Waals surface area contributed by atoms with Crippen LogP contribution in [0.3, 0.4) is 0 Å². The summed E-state index contributed by atoms with van der Waals surface area (Å²) in [6.45, 7) is 0. The molecule has 4 nitrogen and oxygen atoms in total. The van der Waals surface area contributed by atoms with E-state index in [9.17, 15) is 0 Å². The van der Waals surface area contributed by atoms with Crippen LogP contribution in [-0.2, 0) is 7.05 Å². The molecule has 1 N–H and O–H groups in total. The molecule has 2 aromatic heterocycles. The van der Waals surface area contributed by atoms with Crippen LogP contribution in [0, 0.1) is 0 Å². The van der Waals surface area contributed by atoms with Gasteiger partial charge in [0.05, 0.1) is 5.69 Å². The van der Waals surface area contributed by atoms with E-state index in [2.05, 4.69) is 38.2 Å². The second kappa shape index (κ2) is 5.98. The number of nitrogens with one attached hydrogen (secondary N) is 1. The summed E-state index contributed by atoms with van der Waals surface area (Å²) in [6.07, 6.45) is 3.85. The first-order valence-corrected chi connectivity index (χ1v) is 7.98. The fourth-order valence-electron chi connectivity index (χ4n) is 2.81. The van der Waals surface area contributed by atoms with Crippen molar-refractivity contribution in [2.24, 2.45) is 7.05 Å². The first kappa shape index (κ1) is 14.7. The van der Waals surface area contributed by atoms with Crippen molar-refractivity contribution in [3.63, 3.8) is 0 Å². The molecule has 0 unspecified atom stereocenters. The van der Waals surface area contributed by atoms with Crippen molar-refractivity contribution in [3.05, 3.63) is 72.0 Å². The van der Waals surface area contributed by atoms with E-state index in [1.54, 1.807) is 6.20 Å². The number of anilines is 2. The van der Waals surface area contributed by atoms with Gasteiger partial charge in [-0.3, -0.25) is 0 Å². The largest absolute Gasteiger partial charge is 0.350 e. The predicted octanol–water partition coefficient (Wildman–Crippen LogP) is 5.03. The molecule has 0 fully saturated rings. The fraction of sp³-hybridized carbons (Fsp3) is 0.0526. The smallest absolute Gasteiger partial charge is 0.227 e. The molecular weight excluding hydrogens is 320 g/mol. The number of aryl methyl sites for hydroxylation is 1. The SMILES string of the molecule is Cn1cc(-c2ccnc(Nc3cccc(Cl)c3)n2)c2ccccc21. The molecule has 0 amide bonds. The van der Waals surface area contributed by atoms with Gasteiger partial charge in [-0.15, -0.1) is 0 Å². The van der Waals surface area contributed by atoms with Gasteiger partial charge < -0.3 is 9.88 Å². The van der Waals surface area contributed by atoms with Crippen LogP contribution in [0.25, 0.3) is 22.2 Å². The molecule has 0 radical (unpaired) electrons. The lowest BCUT2D eigenvalue weighted by Crippen LogP contribution is -1.97. The van der Waals surface area contributed by atoms with E-state index < -0.39 is 0 Å². The molecule has 0 atom stereocenters. The van der Waals surface area contributed by atoms with Crippen molar-refractivity contribution in [3.8, 4) is 11.3 Å². The first-order chi connectivity index (χ1) is 11.7. The number of halogens is 1. The lowest BCUT2D eigenvalue weighted by molar-refractivity contribution is 0.969. The van der Waals surface area contributed by atoms with Gasteiger partial charge in [0.25, 0.3) is 0 Å². The van der Waals surface area contributed by atoms with Crippen LogP contribution < -0.4 is 5.32 Å². The third kappa shape index (κ3) is 2.72. The van der Waals surface area contributed by atoms with Gasteiger partial charge in [0.2, 0.25) is 5.95 Å². The van der Waals surface area contributed by atoms with E-state index in [0.717, 1.165) is 16.9 Å². The molecule has 2 heterocycles. The van der Waals surface area contributed by atoms with Gasteiger partial charge in [0.1, 0.15) is 0 Å². The molecular formula is C19H15ClN4. The maximum absolute atomic E-state index is 6.02. The maximum Gasteiger partial charge on any atom is 0.227 e. The van der Waals surface area contributed by atoms with E-state index >= 15 is 0 Å². The van der Waals surface area contributed by atoms with Gasteiger partial charge in [-0.05, 0) is 30.3 Å². The highest BCUT2D eigenvalue weighted by Crippen LogP contribution is 2.29. The third-order valence-electron chi connectivity index (χ3n) is 3.91. The summed E-state index contributed by atoms with van der Waals surface area (Å²) >= 11 is 6.02. The number of fused-ring (bicyclic) bond motifs is 1. The minimum absolute atomic E-state index is 0.544. The number of benzene rings is 2. The van der Waals surface area contributed by atoms with Crippen LogP contribution in [0.4, 0.5) is 11.6 Å². The Morgan fingerprint density at radius 1 is 1.04 bits per heavy atom. The van der Waals surface area contributed by atoms with E-state index in [1.165, 1.54) is 10.9 Å². The Labute approximate surface area is 144 Å². The Morgan fingerprint density at radius 2 is 1.92 bits per heavy atom. The Kier molecular flexibility index (Phi) is 3.67. The van der Waals surface area contributed by atoms with Gasteiger partial charge in [0.15, 0.2) is 0 Å². The number of nitrogens with zero attached hydrogens (tertiary/aromatic N) is 3. The first-order valence-electron chi connectivity index (χ1n) is 7.61. The van der Waals surface area contributed by atoms with Gasteiger partial charge in [-0.2, -0.15) is 0 Å². The molecule has 118 valence electrons.